The molecule has 1 atom stereocenters. The third-order valence-corrected chi connectivity index (χ3v) is 6.74. The number of hydrogen-bond acceptors (Lipinski definition) is 3. The Labute approximate surface area is 188 Å². The van der Waals surface area contributed by atoms with E-state index in [1.54, 1.807) is 12.1 Å². The summed E-state index contributed by atoms with van der Waals surface area (Å²) in [6.45, 7) is 5.87. The van der Waals surface area contributed by atoms with Crippen molar-refractivity contribution in [1.29, 1.82) is 0 Å². The standard InChI is InChI=1S/C24H25ClN2O3S/c1-4-18-7-9-19(10-8-18)17(3)26-24(28)22-14-11-20(15-23(22)25)27-31(29,30)21-12-5-16(2)6-13-21/h5-15,17,27H,4H2,1-3H3,(H,26,28)/t17-/m0/s1. The number of nitrogens with one attached hydrogen (secondary N) is 2. The van der Waals surface area contributed by atoms with E-state index in [2.05, 4.69) is 17.0 Å². The summed E-state index contributed by atoms with van der Waals surface area (Å²) in [5, 5.41) is 3.09. The topological polar surface area (TPSA) is 75.3 Å². The summed E-state index contributed by atoms with van der Waals surface area (Å²) in [6.07, 6.45) is 0.955. The molecule has 3 aromatic carbocycles. The fourth-order valence-electron chi connectivity index (χ4n) is 3.09. The highest BCUT2D eigenvalue weighted by Gasteiger charge is 2.18. The van der Waals surface area contributed by atoms with Gasteiger partial charge in [-0.2, -0.15) is 0 Å². The van der Waals surface area contributed by atoms with E-state index in [0.29, 0.717) is 0 Å². The predicted molar refractivity (Wildman–Crippen MR) is 125 cm³/mol. The van der Waals surface area contributed by atoms with Crippen LogP contribution in [0.2, 0.25) is 5.02 Å². The van der Waals surface area contributed by atoms with Crippen LogP contribution in [0.1, 0.15) is 46.9 Å². The number of amides is 1. The maximum atomic E-state index is 12.7. The normalized spacial score (nSPS) is 12.3. The summed E-state index contributed by atoms with van der Waals surface area (Å²) in [5.74, 6) is -0.329. The summed E-state index contributed by atoms with van der Waals surface area (Å²) in [5.41, 5.74) is 3.74. The molecule has 0 unspecified atom stereocenters. The Balaban J connectivity index is 1.72. The molecule has 0 aliphatic carbocycles. The first-order valence-electron chi connectivity index (χ1n) is 9.98. The van der Waals surface area contributed by atoms with Gasteiger partial charge in [0.2, 0.25) is 0 Å². The molecule has 1 amide bonds. The average molecular weight is 457 g/mol. The molecule has 162 valence electrons. The zero-order valence-electron chi connectivity index (χ0n) is 17.6. The van der Waals surface area contributed by atoms with Crippen LogP contribution in [-0.2, 0) is 16.4 Å². The van der Waals surface area contributed by atoms with Crippen LogP contribution in [0.25, 0.3) is 0 Å². The molecule has 0 heterocycles. The van der Waals surface area contributed by atoms with Gasteiger partial charge in [0.1, 0.15) is 0 Å². The summed E-state index contributed by atoms with van der Waals surface area (Å²) < 4.78 is 27.6. The minimum absolute atomic E-state index is 0.152. The van der Waals surface area contributed by atoms with Crippen molar-refractivity contribution < 1.29 is 13.2 Å². The highest BCUT2D eigenvalue weighted by atomic mass is 35.5. The summed E-state index contributed by atoms with van der Waals surface area (Å²) in [4.78, 5) is 12.8. The average Bonchev–Trinajstić information content (AvgIpc) is 2.73. The second kappa shape index (κ2) is 9.54. The van der Waals surface area contributed by atoms with Gasteiger partial charge in [0.05, 0.1) is 27.2 Å². The quantitative estimate of drug-likeness (QED) is 0.492. The van der Waals surface area contributed by atoms with Gasteiger partial charge in [0.25, 0.3) is 15.9 Å². The first-order chi connectivity index (χ1) is 14.7. The van der Waals surface area contributed by atoms with E-state index in [1.807, 2.05) is 38.1 Å². The van der Waals surface area contributed by atoms with E-state index in [4.69, 9.17) is 11.6 Å². The first kappa shape index (κ1) is 22.8. The SMILES string of the molecule is CCc1ccc([C@H](C)NC(=O)c2ccc(NS(=O)(=O)c3ccc(C)cc3)cc2Cl)cc1. The number of carbonyl (C=O) groups excluding carboxylic acids is 1. The molecule has 0 aliphatic heterocycles. The lowest BCUT2D eigenvalue weighted by atomic mass is 10.0. The van der Waals surface area contributed by atoms with Gasteiger partial charge in [-0.15, -0.1) is 0 Å². The van der Waals surface area contributed by atoms with E-state index < -0.39 is 10.0 Å². The van der Waals surface area contributed by atoms with Crippen LogP contribution in [0, 0.1) is 6.92 Å². The smallest absolute Gasteiger partial charge is 0.261 e. The second-order valence-corrected chi connectivity index (χ2v) is 9.49. The Morgan fingerprint density at radius 2 is 1.65 bits per heavy atom. The Morgan fingerprint density at radius 3 is 2.23 bits per heavy atom. The van der Waals surface area contributed by atoms with Gasteiger partial charge in [-0.05, 0) is 61.7 Å². The second-order valence-electron chi connectivity index (χ2n) is 7.40. The van der Waals surface area contributed by atoms with Crippen LogP contribution in [0.3, 0.4) is 0 Å². The van der Waals surface area contributed by atoms with Gasteiger partial charge in [0.15, 0.2) is 0 Å². The van der Waals surface area contributed by atoms with Crippen LogP contribution >= 0.6 is 11.6 Å². The fraction of sp³-hybridized carbons (Fsp3) is 0.208. The monoisotopic (exact) mass is 456 g/mol. The lowest BCUT2D eigenvalue weighted by molar-refractivity contribution is 0.0940. The molecule has 31 heavy (non-hydrogen) atoms. The van der Waals surface area contributed by atoms with Crippen molar-refractivity contribution in [1.82, 2.24) is 5.32 Å². The summed E-state index contributed by atoms with van der Waals surface area (Å²) in [6, 6.07) is 18.9. The van der Waals surface area contributed by atoms with Gasteiger partial charge < -0.3 is 5.32 Å². The lowest BCUT2D eigenvalue weighted by Crippen LogP contribution is -2.27. The molecule has 0 radical (unpaired) electrons. The van der Waals surface area contributed by atoms with Crippen molar-refractivity contribution in [2.45, 2.75) is 38.1 Å². The van der Waals surface area contributed by atoms with E-state index in [1.165, 1.54) is 35.9 Å². The first-order valence-corrected chi connectivity index (χ1v) is 11.8. The van der Waals surface area contributed by atoms with Gasteiger partial charge >= 0.3 is 0 Å². The van der Waals surface area contributed by atoms with Crippen molar-refractivity contribution in [2.75, 3.05) is 4.72 Å². The molecular weight excluding hydrogens is 432 g/mol. The third-order valence-electron chi connectivity index (χ3n) is 5.03. The number of aryl methyl sites for hydroxylation is 2. The summed E-state index contributed by atoms with van der Waals surface area (Å²) >= 11 is 6.29. The van der Waals surface area contributed by atoms with Crippen molar-refractivity contribution in [2.24, 2.45) is 0 Å². The maximum absolute atomic E-state index is 12.7. The van der Waals surface area contributed by atoms with Crippen LogP contribution in [0.15, 0.2) is 71.6 Å². The highest BCUT2D eigenvalue weighted by molar-refractivity contribution is 7.92. The molecule has 5 nitrogen and oxygen atoms in total. The third kappa shape index (κ3) is 5.66. The number of benzene rings is 3. The largest absolute Gasteiger partial charge is 0.345 e. The van der Waals surface area contributed by atoms with Crippen molar-refractivity contribution in [3.8, 4) is 0 Å². The van der Waals surface area contributed by atoms with Crippen LogP contribution in [0.5, 0.6) is 0 Å². The Hall–Kier alpha value is -2.83. The molecular formula is C24H25ClN2O3S. The zero-order chi connectivity index (χ0) is 22.6. The van der Waals surface area contributed by atoms with E-state index in [0.717, 1.165) is 17.5 Å². The van der Waals surface area contributed by atoms with Gasteiger partial charge in [0, 0.05) is 0 Å². The van der Waals surface area contributed by atoms with Gasteiger partial charge in [-0.3, -0.25) is 9.52 Å². The van der Waals surface area contributed by atoms with E-state index >= 15 is 0 Å². The van der Waals surface area contributed by atoms with Gasteiger partial charge in [-0.25, -0.2) is 8.42 Å². The Morgan fingerprint density at radius 1 is 1.00 bits per heavy atom. The summed E-state index contributed by atoms with van der Waals surface area (Å²) in [7, 11) is -3.75. The van der Waals surface area contributed by atoms with Crippen molar-refractivity contribution in [3.05, 3.63) is 94.0 Å². The van der Waals surface area contributed by atoms with Crippen molar-refractivity contribution >= 4 is 33.2 Å². The molecule has 0 saturated carbocycles. The number of hydrogen-bond donors (Lipinski definition) is 2. The number of halogens is 1. The zero-order valence-corrected chi connectivity index (χ0v) is 19.2. The number of carbonyl (C=O) groups is 1. The molecule has 0 fully saturated rings. The molecule has 3 aromatic rings. The molecule has 7 heteroatoms. The van der Waals surface area contributed by atoms with Crippen LogP contribution < -0.4 is 10.0 Å². The number of rotatable bonds is 7. The van der Waals surface area contributed by atoms with E-state index in [9.17, 15) is 13.2 Å². The molecule has 0 bridgehead atoms. The van der Waals surface area contributed by atoms with E-state index in [-0.39, 0.29) is 33.1 Å². The van der Waals surface area contributed by atoms with Crippen molar-refractivity contribution in [3.63, 3.8) is 0 Å². The predicted octanol–water partition coefficient (Wildman–Crippen LogP) is 5.50. The molecule has 3 rings (SSSR count). The minimum Gasteiger partial charge on any atom is -0.345 e. The highest BCUT2D eigenvalue weighted by Crippen LogP contribution is 2.24. The Kier molecular flexibility index (Phi) is 7.03. The molecule has 0 aliphatic rings. The van der Waals surface area contributed by atoms with Crippen LogP contribution in [-0.4, -0.2) is 14.3 Å². The molecule has 0 spiro atoms. The lowest BCUT2D eigenvalue weighted by Gasteiger charge is -2.16. The van der Waals surface area contributed by atoms with Gasteiger partial charge in [-0.1, -0.05) is 60.5 Å². The molecule has 0 saturated heterocycles. The number of anilines is 1. The minimum atomic E-state index is -3.75. The molecule has 0 aromatic heterocycles. The Bertz CT molecular complexity index is 1170. The number of sulfonamides is 1. The molecule has 2 N–H and O–H groups in total. The fourth-order valence-corrected chi connectivity index (χ4v) is 4.41. The maximum Gasteiger partial charge on any atom is 0.261 e. The van der Waals surface area contributed by atoms with Crippen LogP contribution in [0.4, 0.5) is 5.69 Å².